The second-order valence-corrected chi connectivity index (χ2v) is 8.73. The molecule has 1 aliphatic rings. The van der Waals surface area contributed by atoms with Crippen molar-refractivity contribution in [3.63, 3.8) is 0 Å². The lowest BCUT2D eigenvalue weighted by Gasteiger charge is -2.17. The Morgan fingerprint density at radius 2 is 1.65 bits per heavy atom. The Morgan fingerprint density at radius 3 is 2.35 bits per heavy atom. The second-order valence-electron chi connectivity index (χ2n) is 7.04. The summed E-state index contributed by atoms with van der Waals surface area (Å²) in [5.41, 5.74) is 1.05. The maximum absolute atomic E-state index is 12.9. The fourth-order valence-corrected chi connectivity index (χ4v) is 4.50. The van der Waals surface area contributed by atoms with Crippen molar-refractivity contribution in [3.05, 3.63) is 89.5 Å². The van der Waals surface area contributed by atoms with Crippen molar-refractivity contribution in [2.75, 3.05) is 16.2 Å². The highest BCUT2D eigenvalue weighted by molar-refractivity contribution is 7.92. The second kappa shape index (κ2) is 7.73. The van der Waals surface area contributed by atoms with Crippen molar-refractivity contribution in [2.45, 2.75) is 17.5 Å². The highest BCUT2D eigenvalue weighted by atomic mass is 32.2. The van der Waals surface area contributed by atoms with Gasteiger partial charge < -0.3 is 4.90 Å². The zero-order valence-corrected chi connectivity index (χ0v) is 16.9. The molecule has 0 spiro atoms. The number of carbonyl (C=O) groups is 1. The molecular formula is C22H17F3N2O3S. The van der Waals surface area contributed by atoms with E-state index in [1.807, 2.05) is 24.3 Å². The number of halogens is 3. The van der Waals surface area contributed by atoms with Crippen LogP contribution in [0.5, 0.6) is 0 Å². The predicted octanol–water partition coefficient (Wildman–Crippen LogP) is 4.71. The Hall–Kier alpha value is -3.33. The minimum atomic E-state index is -4.59. The summed E-state index contributed by atoms with van der Waals surface area (Å²) in [7, 11) is -4.13. The van der Waals surface area contributed by atoms with Crippen LogP contribution in [-0.2, 0) is 22.6 Å². The van der Waals surface area contributed by atoms with Crippen LogP contribution in [0.25, 0.3) is 0 Å². The van der Waals surface area contributed by atoms with Crippen molar-refractivity contribution >= 4 is 27.3 Å². The van der Waals surface area contributed by atoms with E-state index in [9.17, 15) is 26.4 Å². The lowest BCUT2D eigenvalue weighted by molar-refractivity contribution is -0.137. The van der Waals surface area contributed by atoms with Crippen LogP contribution in [0.3, 0.4) is 0 Å². The summed E-state index contributed by atoms with van der Waals surface area (Å²) < 4.78 is 65.8. The molecule has 3 aromatic rings. The first kappa shape index (κ1) is 20.9. The van der Waals surface area contributed by atoms with Crippen LogP contribution in [0.1, 0.15) is 21.5 Å². The third kappa shape index (κ3) is 4.27. The van der Waals surface area contributed by atoms with Crippen molar-refractivity contribution < 1.29 is 26.4 Å². The molecule has 0 radical (unpaired) electrons. The molecule has 0 unspecified atom stereocenters. The Bertz CT molecular complexity index is 1240. The molecule has 0 saturated heterocycles. The van der Waals surface area contributed by atoms with Crippen LogP contribution in [0.4, 0.5) is 24.5 Å². The van der Waals surface area contributed by atoms with E-state index < -0.39 is 21.8 Å². The number of carbonyl (C=O) groups excluding carboxylic acids is 1. The van der Waals surface area contributed by atoms with Gasteiger partial charge in [-0.25, -0.2) is 8.42 Å². The highest BCUT2D eigenvalue weighted by Gasteiger charge is 2.31. The summed E-state index contributed by atoms with van der Waals surface area (Å²) in [6, 6.07) is 16.8. The summed E-state index contributed by atoms with van der Waals surface area (Å²) in [6.45, 7) is 0.537. The maximum Gasteiger partial charge on any atom is 0.416 e. The number of para-hydroxylation sites is 1. The van der Waals surface area contributed by atoms with Gasteiger partial charge in [-0.1, -0.05) is 24.3 Å². The quantitative estimate of drug-likeness (QED) is 0.631. The molecule has 0 bridgehead atoms. The maximum atomic E-state index is 12.9. The number of nitrogens with one attached hydrogen (secondary N) is 1. The van der Waals surface area contributed by atoms with Crippen molar-refractivity contribution in [1.29, 1.82) is 0 Å². The van der Waals surface area contributed by atoms with E-state index in [2.05, 4.69) is 4.72 Å². The number of sulfonamides is 1. The molecule has 0 aromatic heterocycles. The number of hydrogen-bond donors (Lipinski definition) is 1. The average molecular weight is 446 g/mol. The van der Waals surface area contributed by atoms with Gasteiger partial charge in [-0.15, -0.1) is 0 Å². The number of fused-ring (bicyclic) bond motifs is 1. The Balaban J connectivity index is 1.53. The highest BCUT2D eigenvalue weighted by Crippen LogP contribution is 2.32. The minimum Gasteiger partial charge on any atom is -0.308 e. The van der Waals surface area contributed by atoms with Crippen molar-refractivity contribution in [1.82, 2.24) is 0 Å². The number of alkyl halides is 3. The van der Waals surface area contributed by atoms with Gasteiger partial charge in [0.15, 0.2) is 0 Å². The smallest absolute Gasteiger partial charge is 0.308 e. The molecule has 3 aromatic carbocycles. The lowest BCUT2D eigenvalue weighted by Crippen LogP contribution is -2.28. The van der Waals surface area contributed by atoms with Gasteiger partial charge in [0.25, 0.3) is 15.9 Å². The van der Waals surface area contributed by atoms with Crippen LogP contribution in [-0.4, -0.2) is 20.9 Å². The van der Waals surface area contributed by atoms with E-state index in [4.69, 9.17) is 0 Å². The normalized spacial score (nSPS) is 13.7. The summed E-state index contributed by atoms with van der Waals surface area (Å²) >= 11 is 0. The summed E-state index contributed by atoms with van der Waals surface area (Å²) in [5.74, 6) is -0.250. The van der Waals surface area contributed by atoms with Gasteiger partial charge in [-0.2, -0.15) is 13.2 Å². The van der Waals surface area contributed by atoms with Gasteiger partial charge in [-0.05, 0) is 60.5 Å². The van der Waals surface area contributed by atoms with Crippen LogP contribution < -0.4 is 9.62 Å². The first-order chi connectivity index (χ1) is 14.6. The van der Waals surface area contributed by atoms with Crippen molar-refractivity contribution in [2.24, 2.45) is 0 Å². The first-order valence-electron chi connectivity index (χ1n) is 9.35. The molecule has 1 amide bonds. The SMILES string of the molecule is O=C(c1ccc(S(=O)(=O)Nc2cccc(C(F)(F)F)c2)cc1)N1CCc2ccccc21. The van der Waals surface area contributed by atoms with Gasteiger partial charge in [0.1, 0.15) is 0 Å². The number of rotatable bonds is 4. The van der Waals surface area contributed by atoms with E-state index in [-0.39, 0.29) is 16.5 Å². The topological polar surface area (TPSA) is 66.5 Å². The van der Waals surface area contributed by atoms with Crippen LogP contribution in [0.15, 0.2) is 77.7 Å². The fraction of sp³-hybridized carbons (Fsp3) is 0.136. The summed E-state index contributed by atoms with van der Waals surface area (Å²) in [6.07, 6.45) is -3.84. The molecule has 1 N–H and O–H groups in total. The molecule has 0 aliphatic carbocycles. The van der Waals surface area contributed by atoms with E-state index in [0.717, 1.165) is 35.9 Å². The number of hydrogen-bond acceptors (Lipinski definition) is 3. The molecule has 0 saturated carbocycles. The third-order valence-electron chi connectivity index (χ3n) is 4.99. The monoisotopic (exact) mass is 446 g/mol. The number of amides is 1. The molecule has 31 heavy (non-hydrogen) atoms. The Morgan fingerprint density at radius 1 is 0.935 bits per heavy atom. The molecule has 160 valence electrons. The zero-order valence-electron chi connectivity index (χ0n) is 16.1. The van der Waals surface area contributed by atoms with Gasteiger partial charge in [0.05, 0.1) is 10.5 Å². The molecule has 5 nitrogen and oxygen atoms in total. The van der Waals surface area contributed by atoms with E-state index in [1.165, 1.54) is 30.3 Å². The number of benzene rings is 3. The fourth-order valence-electron chi connectivity index (χ4n) is 3.45. The van der Waals surface area contributed by atoms with Gasteiger partial charge in [-0.3, -0.25) is 9.52 Å². The van der Waals surface area contributed by atoms with Gasteiger partial charge in [0, 0.05) is 23.5 Å². The van der Waals surface area contributed by atoms with E-state index in [0.29, 0.717) is 12.1 Å². The third-order valence-corrected chi connectivity index (χ3v) is 6.38. The van der Waals surface area contributed by atoms with E-state index in [1.54, 1.807) is 4.90 Å². The zero-order chi connectivity index (χ0) is 22.2. The Kier molecular flexibility index (Phi) is 5.22. The van der Waals surface area contributed by atoms with Gasteiger partial charge in [0.2, 0.25) is 0 Å². The predicted molar refractivity (Wildman–Crippen MR) is 111 cm³/mol. The molecule has 0 fully saturated rings. The largest absolute Gasteiger partial charge is 0.416 e. The molecule has 1 aliphatic heterocycles. The number of anilines is 2. The minimum absolute atomic E-state index is 0.164. The molecule has 0 atom stereocenters. The van der Waals surface area contributed by atoms with Crippen LogP contribution in [0, 0.1) is 0 Å². The molecule has 4 rings (SSSR count). The summed E-state index contributed by atoms with van der Waals surface area (Å²) in [4.78, 5) is 14.3. The molecule has 9 heteroatoms. The van der Waals surface area contributed by atoms with E-state index >= 15 is 0 Å². The standard InChI is InChI=1S/C22H17F3N2O3S/c23-22(24,25)17-5-3-6-18(14-17)26-31(29,30)19-10-8-16(9-11-19)21(28)27-13-12-15-4-1-2-7-20(15)27/h1-11,14,26H,12-13H2. The first-order valence-corrected chi connectivity index (χ1v) is 10.8. The molecular weight excluding hydrogens is 429 g/mol. The number of nitrogens with zero attached hydrogens (tertiary/aromatic N) is 1. The van der Waals surface area contributed by atoms with Crippen LogP contribution >= 0.6 is 0 Å². The lowest BCUT2D eigenvalue weighted by atomic mass is 10.1. The molecule has 1 heterocycles. The van der Waals surface area contributed by atoms with Gasteiger partial charge >= 0.3 is 6.18 Å². The Labute approximate surface area is 177 Å². The van der Waals surface area contributed by atoms with Crippen molar-refractivity contribution in [3.8, 4) is 0 Å². The average Bonchev–Trinajstić information content (AvgIpc) is 3.17. The van der Waals surface area contributed by atoms with Crippen LogP contribution in [0.2, 0.25) is 0 Å². The summed E-state index contributed by atoms with van der Waals surface area (Å²) in [5, 5.41) is 0.